The number of nitrogens with zero attached hydrogens (tertiary/aromatic N) is 2. The summed E-state index contributed by atoms with van der Waals surface area (Å²) in [5.41, 5.74) is 1.85. The Hall–Kier alpha value is -3.58. The van der Waals surface area contributed by atoms with Crippen LogP contribution < -0.4 is 15.4 Å². The van der Waals surface area contributed by atoms with Gasteiger partial charge in [-0.05, 0) is 37.3 Å². The van der Waals surface area contributed by atoms with Crippen LogP contribution >= 0.6 is 11.6 Å². The first-order chi connectivity index (χ1) is 14.0. The molecule has 0 saturated heterocycles. The maximum absolute atomic E-state index is 12.1. The van der Waals surface area contributed by atoms with Crippen LogP contribution in [0.2, 0.25) is 5.02 Å². The van der Waals surface area contributed by atoms with Crippen molar-refractivity contribution in [3.63, 3.8) is 0 Å². The van der Waals surface area contributed by atoms with Gasteiger partial charge in [0.25, 0.3) is 5.91 Å². The molecule has 0 saturated carbocycles. The fourth-order valence-electron chi connectivity index (χ4n) is 2.95. The number of benzene rings is 2. The van der Waals surface area contributed by atoms with Crippen LogP contribution in [0.1, 0.15) is 16.1 Å². The van der Waals surface area contributed by atoms with Crippen LogP contribution in [0.15, 0.2) is 59.1 Å². The number of hydrogen-bond donors (Lipinski definition) is 2. The topological polar surface area (TPSA) is 89.3 Å². The van der Waals surface area contributed by atoms with E-state index < -0.39 is 0 Å². The van der Waals surface area contributed by atoms with Gasteiger partial charge >= 0.3 is 0 Å². The highest BCUT2D eigenvalue weighted by Gasteiger charge is 2.17. The van der Waals surface area contributed by atoms with Gasteiger partial charge in [0.15, 0.2) is 0 Å². The molecule has 0 atom stereocenters. The van der Waals surface area contributed by atoms with Gasteiger partial charge < -0.3 is 19.8 Å². The highest BCUT2D eigenvalue weighted by Crippen LogP contribution is 2.30. The fraction of sp³-hybridized carbons (Fsp3) is 0.0952. The van der Waals surface area contributed by atoms with Gasteiger partial charge in [-0.1, -0.05) is 17.7 Å². The molecule has 1 amide bonds. The van der Waals surface area contributed by atoms with Crippen LogP contribution in [0.25, 0.3) is 11.0 Å². The number of anilines is 2. The van der Waals surface area contributed by atoms with E-state index in [1.807, 2.05) is 12.1 Å². The van der Waals surface area contributed by atoms with E-state index in [1.54, 1.807) is 56.6 Å². The minimum Gasteiger partial charge on any atom is -0.460 e. The molecule has 2 heterocycles. The smallest absolute Gasteiger partial charge is 0.255 e. The van der Waals surface area contributed by atoms with E-state index in [1.165, 1.54) is 0 Å². The van der Waals surface area contributed by atoms with Gasteiger partial charge in [0.05, 0.1) is 5.56 Å². The Balaban J connectivity index is 1.58. The summed E-state index contributed by atoms with van der Waals surface area (Å²) < 4.78 is 11.6. The molecule has 146 valence electrons. The van der Waals surface area contributed by atoms with Crippen molar-refractivity contribution < 1.29 is 13.9 Å². The second-order valence-corrected chi connectivity index (χ2v) is 6.66. The summed E-state index contributed by atoms with van der Waals surface area (Å²) in [5, 5.41) is 7.04. The fourth-order valence-corrected chi connectivity index (χ4v) is 3.14. The molecule has 4 rings (SSSR count). The summed E-state index contributed by atoms with van der Waals surface area (Å²) in [6.07, 6.45) is 1.59. The molecule has 0 fully saturated rings. The molecule has 29 heavy (non-hydrogen) atoms. The van der Waals surface area contributed by atoms with Crippen molar-refractivity contribution in [2.75, 3.05) is 12.4 Å². The van der Waals surface area contributed by atoms with E-state index in [4.69, 9.17) is 20.8 Å². The summed E-state index contributed by atoms with van der Waals surface area (Å²) in [7, 11) is 1.59. The quantitative estimate of drug-likeness (QED) is 0.478. The van der Waals surface area contributed by atoms with Crippen molar-refractivity contribution in [1.82, 2.24) is 15.3 Å². The maximum Gasteiger partial charge on any atom is 0.255 e. The number of hydrogen-bond acceptors (Lipinski definition) is 6. The predicted molar refractivity (Wildman–Crippen MR) is 111 cm³/mol. The summed E-state index contributed by atoms with van der Waals surface area (Å²) in [6.45, 7) is 1.75. The third-order valence-electron chi connectivity index (χ3n) is 4.22. The van der Waals surface area contributed by atoms with Gasteiger partial charge in [-0.2, -0.15) is 4.98 Å². The van der Waals surface area contributed by atoms with Crippen molar-refractivity contribution >= 4 is 40.1 Å². The predicted octanol–water partition coefficient (Wildman–Crippen LogP) is 5.08. The first kappa shape index (κ1) is 18.8. The van der Waals surface area contributed by atoms with Crippen LogP contribution in [0.4, 0.5) is 11.6 Å². The molecule has 2 aromatic heterocycles. The number of ether oxygens (including phenoxy) is 1. The number of amides is 1. The Labute approximate surface area is 171 Å². The Bertz CT molecular complexity index is 1210. The monoisotopic (exact) mass is 408 g/mol. The summed E-state index contributed by atoms with van der Waals surface area (Å²) >= 11 is 6.00. The minimum absolute atomic E-state index is 0.192. The molecular formula is C21H17ClN4O3. The maximum atomic E-state index is 12.1. The van der Waals surface area contributed by atoms with Crippen molar-refractivity contribution in [1.29, 1.82) is 0 Å². The molecule has 0 spiro atoms. The number of fused-ring (bicyclic) bond motifs is 1. The zero-order valence-electron chi connectivity index (χ0n) is 15.7. The van der Waals surface area contributed by atoms with E-state index in [0.29, 0.717) is 39.5 Å². The Morgan fingerprint density at radius 3 is 2.83 bits per heavy atom. The number of aromatic nitrogens is 2. The van der Waals surface area contributed by atoms with Crippen molar-refractivity contribution in [3.8, 4) is 11.6 Å². The molecule has 0 aliphatic heterocycles. The first-order valence-electron chi connectivity index (χ1n) is 8.82. The van der Waals surface area contributed by atoms with Crippen molar-refractivity contribution in [2.45, 2.75) is 6.92 Å². The molecule has 0 aliphatic carbocycles. The van der Waals surface area contributed by atoms with Gasteiger partial charge in [-0.15, -0.1) is 0 Å². The number of aryl methyl sites for hydroxylation is 1. The lowest BCUT2D eigenvalue weighted by atomic mass is 10.1. The Morgan fingerprint density at radius 2 is 2.03 bits per heavy atom. The highest BCUT2D eigenvalue weighted by atomic mass is 35.5. The molecule has 0 radical (unpaired) electrons. The van der Waals surface area contributed by atoms with Crippen molar-refractivity contribution in [3.05, 3.63) is 71.1 Å². The average molecular weight is 409 g/mol. The number of carbonyl (C=O) groups excluding carboxylic acids is 1. The number of halogens is 1. The standard InChI is InChI=1S/C21H17ClN4O3/c1-12-19(20(27)23-2)16-7-6-15(11-17(16)28-12)29-18-8-9-24-21(26-18)25-14-5-3-4-13(22)10-14/h3-11H,1-2H3,(H,23,27)(H,24,25,26). The lowest BCUT2D eigenvalue weighted by Gasteiger charge is -2.08. The van der Waals surface area contributed by atoms with Crippen LogP contribution in [0.5, 0.6) is 11.6 Å². The largest absolute Gasteiger partial charge is 0.460 e. The molecule has 0 bridgehead atoms. The van der Waals surface area contributed by atoms with Crippen molar-refractivity contribution in [2.24, 2.45) is 0 Å². The zero-order chi connectivity index (χ0) is 20.4. The zero-order valence-corrected chi connectivity index (χ0v) is 16.4. The molecule has 0 unspecified atom stereocenters. The number of furan rings is 1. The van der Waals surface area contributed by atoms with Crippen LogP contribution in [0, 0.1) is 6.92 Å². The number of rotatable bonds is 5. The third kappa shape index (κ3) is 4.00. The van der Waals surface area contributed by atoms with Crippen LogP contribution in [-0.2, 0) is 0 Å². The van der Waals surface area contributed by atoms with Gasteiger partial charge in [-0.3, -0.25) is 4.79 Å². The second kappa shape index (κ2) is 7.81. The summed E-state index contributed by atoms with van der Waals surface area (Å²) in [5.74, 6) is 1.62. The lowest BCUT2D eigenvalue weighted by Crippen LogP contribution is -2.18. The molecule has 4 aromatic rings. The average Bonchev–Trinajstić information content (AvgIpc) is 3.02. The first-order valence-corrected chi connectivity index (χ1v) is 9.20. The molecular weight excluding hydrogens is 392 g/mol. The van der Waals surface area contributed by atoms with E-state index in [0.717, 1.165) is 11.1 Å². The molecule has 2 aromatic carbocycles. The van der Waals surface area contributed by atoms with E-state index in [2.05, 4.69) is 20.6 Å². The van der Waals surface area contributed by atoms with E-state index >= 15 is 0 Å². The molecule has 0 aliphatic rings. The lowest BCUT2D eigenvalue weighted by molar-refractivity contribution is 0.0963. The Morgan fingerprint density at radius 1 is 1.17 bits per heavy atom. The normalized spacial score (nSPS) is 10.7. The minimum atomic E-state index is -0.192. The highest BCUT2D eigenvalue weighted by molar-refractivity contribution is 6.30. The second-order valence-electron chi connectivity index (χ2n) is 6.23. The van der Waals surface area contributed by atoms with Crippen LogP contribution in [0.3, 0.4) is 0 Å². The SMILES string of the molecule is CNC(=O)c1c(C)oc2cc(Oc3ccnc(Nc4cccc(Cl)c4)n3)ccc12. The molecule has 2 N–H and O–H groups in total. The summed E-state index contributed by atoms with van der Waals surface area (Å²) in [4.78, 5) is 20.6. The van der Waals surface area contributed by atoms with Gasteiger partial charge in [0.2, 0.25) is 11.8 Å². The van der Waals surface area contributed by atoms with E-state index in [-0.39, 0.29) is 5.91 Å². The number of carbonyl (C=O) groups is 1. The summed E-state index contributed by atoms with van der Waals surface area (Å²) in [6, 6.07) is 14.2. The number of nitrogens with one attached hydrogen (secondary N) is 2. The third-order valence-corrected chi connectivity index (χ3v) is 4.46. The van der Waals surface area contributed by atoms with Gasteiger partial charge in [-0.25, -0.2) is 4.98 Å². The van der Waals surface area contributed by atoms with Gasteiger partial charge in [0, 0.05) is 41.5 Å². The van der Waals surface area contributed by atoms with E-state index in [9.17, 15) is 4.79 Å². The van der Waals surface area contributed by atoms with Crippen LogP contribution in [-0.4, -0.2) is 22.9 Å². The van der Waals surface area contributed by atoms with Gasteiger partial charge in [0.1, 0.15) is 17.1 Å². The molecule has 8 heteroatoms. The Kier molecular flexibility index (Phi) is 5.05. The molecule has 7 nitrogen and oxygen atoms in total.